The molecule has 0 aliphatic carbocycles. The zero-order chi connectivity index (χ0) is 19.7. The normalized spacial score (nSPS) is 18.2. The molecular formula is C19H18N4O4S. The van der Waals surface area contributed by atoms with Crippen LogP contribution in [-0.2, 0) is 21.2 Å². The maximum Gasteiger partial charge on any atom is 0.278 e. The Morgan fingerprint density at radius 3 is 2.54 bits per heavy atom. The number of anilines is 1. The van der Waals surface area contributed by atoms with Crippen LogP contribution in [0.25, 0.3) is 10.9 Å². The van der Waals surface area contributed by atoms with E-state index in [1.165, 1.54) is 4.90 Å². The van der Waals surface area contributed by atoms with Gasteiger partial charge >= 0.3 is 0 Å². The van der Waals surface area contributed by atoms with E-state index in [9.17, 15) is 18.0 Å². The van der Waals surface area contributed by atoms with Gasteiger partial charge < -0.3 is 4.90 Å². The monoisotopic (exact) mass is 398 g/mol. The lowest BCUT2D eigenvalue weighted by molar-refractivity contribution is -0.119. The molecule has 9 heteroatoms. The van der Waals surface area contributed by atoms with E-state index in [0.717, 1.165) is 4.68 Å². The second-order valence-corrected chi connectivity index (χ2v) is 8.95. The third-order valence-corrected chi connectivity index (χ3v) is 6.54. The summed E-state index contributed by atoms with van der Waals surface area (Å²) >= 11 is 0. The van der Waals surface area contributed by atoms with Crippen molar-refractivity contribution in [3.8, 4) is 0 Å². The Morgan fingerprint density at radius 1 is 1.11 bits per heavy atom. The van der Waals surface area contributed by atoms with Crippen molar-refractivity contribution < 1.29 is 13.2 Å². The van der Waals surface area contributed by atoms with E-state index in [-0.39, 0.29) is 18.1 Å². The average Bonchev–Trinajstić information content (AvgIpc) is 3.04. The number of hydrogen-bond acceptors (Lipinski definition) is 6. The molecule has 1 fully saturated rings. The molecule has 0 bridgehead atoms. The number of aromatic nitrogens is 3. The minimum absolute atomic E-state index is 0.0456. The standard InChI is InChI=1S/C19H18N4O4S/c24-18(12-22-19(25)16-8-4-5-9-17(16)20-21-22)23(14-6-2-1-3-7-14)15-10-11-28(26,27)13-15/h1-9,15H,10-13H2/t15-/m0/s1. The maximum absolute atomic E-state index is 13.1. The molecule has 28 heavy (non-hydrogen) atoms. The molecular weight excluding hydrogens is 380 g/mol. The first-order valence-corrected chi connectivity index (χ1v) is 10.7. The molecule has 4 rings (SSSR count). The van der Waals surface area contributed by atoms with Crippen molar-refractivity contribution >= 4 is 32.3 Å². The van der Waals surface area contributed by atoms with E-state index in [4.69, 9.17) is 0 Å². The predicted octanol–water partition coefficient (Wildman–Crippen LogP) is 1.01. The Kier molecular flexibility index (Phi) is 4.68. The van der Waals surface area contributed by atoms with Crippen molar-refractivity contribution in [2.45, 2.75) is 19.0 Å². The average molecular weight is 398 g/mol. The van der Waals surface area contributed by atoms with Crippen LogP contribution in [0.4, 0.5) is 5.69 Å². The number of carbonyl (C=O) groups excluding carboxylic acids is 1. The van der Waals surface area contributed by atoms with Gasteiger partial charge in [0, 0.05) is 5.69 Å². The summed E-state index contributed by atoms with van der Waals surface area (Å²) in [6.45, 7) is -0.317. The lowest BCUT2D eigenvalue weighted by Gasteiger charge is -2.28. The van der Waals surface area contributed by atoms with E-state index >= 15 is 0 Å². The Bertz CT molecular complexity index is 1190. The molecule has 1 aliphatic rings. The van der Waals surface area contributed by atoms with Gasteiger partial charge in [-0.15, -0.1) is 5.10 Å². The smallest absolute Gasteiger partial charge is 0.278 e. The van der Waals surface area contributed by atoms with E-state index in [2.05, 4.69) is 10.3 Å². The van der Waals surface area contributed by atoms with Crippen molar-refractivity contribution in [3.05, 3.63) is 65.0 Å². The summed E-state index contributed by atoms with van der Waals surface area (Å²) < 4.78 is 24.9. The number of amides is 1. The van der Waals surface area contributed by atoms with Gasteiger partial charge in [0.1, 0.15) is 12.1 Å². The first kappa shape index (κ1) is 18.3. The highest BCUT2D eigenvalue weighted by atomic mass is 32.2. The first-order valence-electron chi connectivity index (χ1n) is 8.85. The molecule has 0 radical (unpaired) electrons. The molecule has 8 nitrogen and oxygen atoms in total. The Hall–Kier alpha value is -3.07. The fourth-order valence-corrected chi connectivity index (χ4v) is 5.16. The highest BCUT2D eigenvalue weighted by Crippen LogP contribution is 2.24. The molecule has 2 aromatic carbocycles. The summed E-state index contributed by atoms with van der Waals surface area (Å²) in [6, 6.07) is 15.2. The molecule has 3 aromatic rings. The second kappa shape index (κ2) is 7.16. The number of para-hydroxylation sites is 1. The van der Waals surface area contributed by atoms with Gasteiger partial charge in [0.2, 0.25) is 5.91 Å². The van der Waals surface area contributed by atoms with Gasteiger partial charge in [0.15, 0.2) is 9.84 Å². The predicted molar refractivity (Wildman–Crippen MR) is 105 cm³/mol. The fourth-order valence-electron chi connectivity index (χ4n) is 3.46. The number of carbonyl (C=O) groups is 1. The third kappa shape index (κ3) is 3.53. The Labute approximate surface area is 161 Å². The van der Waals surface area contributed by atoms with E-state index < -0.39 is 27.3 Å². The van der Waals surface area contributed by atoms with Gasteiger partial charge in [-0.25, -0.2) is 13.1 Å². The van der Waals surface area contributed by atoms with Gasteiger partial charge in [-0.1, -0.05) is 35.5 Å². The molecule has 144 valence electrons. The van der Waals surface area contributed by atoms with Gasteiger partial charge in [0.25, 0.3) is 5.56 Å². The molecule has 1 aliphatic heterocycles. The molecule has 0 N–H and O–H groups in total. The molecule has 2 heterocycles. The molecule has 1 saturated heterocycles. The third-order valence-electron chi connectivity index (χ3n) is 4.79. The molecule has 0 spiro atoms. The minimum Gasteiger partial charge on any atom is -0.307 e. The largest absolute Gasteiger partial charge is 0.307 e. The Morgan fingerprint density at radius 2 is 1.82 bits per heavy atom. The van der Waals surface area contributed by atoms with Crippen LogP contribution in [0, 0.1) is 0 Å². The van der Waals surface area contributed by atoms with Gasteiger partial charge in [-0.05, 0) is 30.7 Å². The van der Waals surface area contributed by atoms with Crippen LogP contribution in [-0.4, -0.2) is 46.9 Å². The molecule has 0 saturated carbocycles. The Balaban J connectivity index is 1.69. The summed E-state index contributed by atoms with van der Waals surface area (Å²) in [5.74, 6) is -0.448. The van der Waals surface area contributed by atoms with Crippen molar-refractivity contribution in [2.24, 2.45) is 0 Å². The first-order chi connectivity index (χ1) is 13.4. The van der Waals surface area contributed by atoms with E-state index in [1.807, 2.05) is 6.07 Å². The van der Waals surface area contributed by atoms with Crippen LogP contribution in [0.15, 0.2) is 59.4 Å². The highest BCUT2D eigenvalue weighted by Gasteiger charge is 2.35. The number of sulfone groups is 1. The van der Waals surface area contributed by atoms with Crippen molar-refractivity contribution in [1.29, 1.82) is 0 Å². The van der Waals surface area contributed by atoms with Crippen molar-refractivity contribution in [1.82, 2.24) is 15.0 Å². The highest BCUT2D eigenvalue weighted by molar-refractivity contribution is 7.91. The van der Waals surface area contributed by atoms with Gasteiger partial charge in [0.05, 0.1) is 22.9 Å². The summed E-state index contributed by atoms with van der Waals surface area (Å²) in [5, 5.41) is 8.24. The summed E-state index contributed by atoms with van der Waals surface area (Å²) in [5.41, 5.74) is 0.639. The van der Waals surface area contributed by atoms with Crippen LogP contribution >= 0.6 is 0 Å². The SMILES string of the molecule is O=C(Cn1nnc2ccccc2c1=O)N(c1ccccc1)[C@H]1CCS(=O)(=O)C1. The lowest BCUT2D eigenvalue weighted by Crippen LogP contribution is -2.44. The molecule has 0 unspecified atom stereocenters. The number of benzene rings is 2. The van der Waals surface area contributed by atoms with Crippen molar-refractivity contribution in [3.63, 3.8) is 0 Å². The van der Waals surface area contributed by atoms with E-state index in [0.29, 0.717) is 23.0 Å². The number of rotatable bonds is 4. The number of nitrogens with zero attached hydrogens (tertiary/aromatic N) is 4. The van der Waals surface area contributed by atoms with Crippen molar-refractivity contribution in [2.75, 3.05) is 16.4 Å². The topological polar surface area (TPSA) is 102 Å². The fraction of sp³-hybridized carbons (Fsp3) is 0.263. The van der Waals surface area contributed by atoms with Crippen LogP contribution in [0.5, 0.6) is 0 Å². The number of fused-ring (bicyclic) bond motifs is 1. The quantitative estimate of drug-likeness (QED) is 0.650. The summed E-state index contributed by atoms with van der Waals surface area (Å²) in [4.78, 5) is 27.2. The zero-order valence-electron chi connectivity index (χ0n) is 14.9. The van der Waals surface area contributed by atoms with Crippen LogP contribution in [0.1, 0.15) is 6.42 Å². The molecule has 1 atom stereocenters. The van der Waals surface area contributed by atoms with E-state index in [1.54, 1.807) is 48.5 Å². The van der Waals surface area contributed by atoms with Gasteiger partial charge in [-0.2, -0.15) is 0 Å². The van der Waals surface area contributed by atoms with Gasteiger partial charge in [-0.3, -0.25) is 9.59 Å². The molecule has 1 aromatic heterocycles. The molecule has 1 amide bonds. The zero-order valence-corrected chi connectivity index (χ0v) is 15.7. The minimum atomic E-state index is -3.18. The van der Waals surface area contributed by atoms with Crippen LogP contribution < -0.4 is 10.5 Å². The summed E-state index contributed by atoms with van der Waals surface area (Å²) in [6.07, 6.45) is 0.362. The van der Waals surface area contributed by atoms with Crippen LogP contribution in [0.3, 0.4) is 0 Å². The maximum atomic E-state index is 13.1. The second-order valence-electron chi connectivity index (χ2n) is 6.73. The number of hydrogen-bond donors (Lipinski definition) is 0. The van der Waals surface area contributed by atoms with Crippen LogP contribution in [0.2, 0.25) is 0 Å². The lowest BCUT2D eigenvalue weighted by atomic mass is 10.1. The summed E-state index contributed by atoms with van der Waals surface area (Å²) in [7, 11) is -3.18.